The van der Waals surface area contributed by atoms with Gasteiger partial charge in [-0.1, -0.05) is 32.1 Å². The Hall–Kier alpha value is -2.54. The maximum Gasteiger partial charge on any atom is 0.352 e. The van der Waals surface area contributed by atoms with Gasteiger partial charge in [0.15, 0.2) is 0 Å². The van der Waals surface area contributed by atoms with E-state index in [1.54, 1.807) is 24.3 Å². The minimum absolute atomic E-state index is 0.0467. The molecule has 1 aromatic rings. The number of carboxylic acids is 1. The van der Waals surface area contributed by atoms with E-state index in [0.717, 1.165) is 12.0 Å². The topological polar surface area (TPSA) is 73.1 Å². The second kappa shape index (κ2) is 7.15. The summed E-state index contributed by atoms with van der Waals surface area (Å²) in [6.45, 7) is 7.91. The van der Waals surface area contributed by atoms with Crippen molar-refractivity contribution in [1.82, 2.24) is 0 Å². The second-order valence-electron chi connectivity index (χ2n) is 4.56. The molecular weight excluding hydrogens is 252 g/mol. The highest BCUT2D eigenvalue weighted by Crippen LogP contribution is 2.18. The first-order valence-electron chi connectivity index (χ1n) is 6.38. The quantitative estimate of drug-likeness (QED) is 0.612. The molecule has 20 heavy (non-hydrogen) atoms. The van der Waals surface area contributed by atoms with Gasteiger partial charge in [0.1, 0.15) is 5.70 Å². The number of aliphatic carboxylic acids is 1. The van der Waals surface area contributed by atoms with Crippen LogP contribution in [0.2, 0.25) is 0 Å². The molecule has 0 fully saturated rings. The third kappa shape index (κ3) is 4.29. The highest BCUT2D eigenvalue weighted by molar-refractivity contribution is 5.90. The Bertz CT molecular complexity index is 582. The molecule has 104 valence electrons. The zero-order valence-corrected chi connectivity index (χ0v) is 11.7. The van der Waals surface area contributed by atoms with Crippen molar-refractivity contribution in [3.05, 3.63) is 53.8 Å². The summed E-state index contributed by atoms with van der Waals surface area (Å²) in [6, 6.07) is 8.68. The van der Waals surface area contributed by atoms with Crippen LogP contribution >= 0.6 is 0 Å². The lowest BCUT2D eigenvalue weighted by Gasteiger charge is -2.12. The molecule has 0 spiro atoms. The van der Waals surface area contributed by atoms with Gasteiger partial charge in [-0.2, -0.15) is 5.26 Å². The summed E-state index contributed by atoms with van der Waals surface area (Å²) in [5.41, 5.74) is 1.84. The Labute approximate surface area is 119 Å². The summed E-state index contributed by atoms with van der Waals surface area (Å²) < 4.78 is 0. The van der Waals surface area contributed by atoms with Crippen molar-refractivity contribution in [2.75, 3.05) is 5.32 Å². The van der Waals surface area contributed by atoms with Gasteiger partial charge in [0.25, 0.3) is 0 Å². The van der Waals surface area contributed by atoms with Crippen LogP contribution in [-0.2, 0) is 4.79 Å². The third-order valence-electron chi connectivity index (χ3n) is 3.08. The fourth-order valence-corrected chi connectivity index (χ4v) is 1.56. The monoisotopic (exact) mass is 270 g/mol. The molecule has 0 heterocycles. The predicted molar refractivity (Wildman–Crippen MR) is 79.1 cm³/mol. The Morgan fingerprint density at radius 1 is 1.60 bits per heavy atom. The van der Waals surface area contributed by atoms with Crippen LogP contribution in [0, 0.1) is 17.2 Å². The standard InChI is InChI=1S/C16H18N2O2/c1-4-11(2)12(3)8-15(16(19)20)18-14-7-5-6-13(9-14)10-17/h5-9,11,18H,3-4H2,1-2H3,(H,19,20)/b15-8-. The van der Waals surface area contributed by atoms with Crippen LogP contribution in [-0.4, -0.2) is 11.1 Å². The van der Waals surface area contributed by atoms with Crippen molar-refractivity contribution in [2.24, 2.45) is 5.92 Å². The first-order chi connectivity index (χ1) is 9.47. The predicted octanol–water partition coefficient (Wildman–Crippen LogP) is 3.54. The minimum Gasteiger partial charge on any atom is -0.477 e. The van der Waals surface area contributed by atoms with Crippen LogP contribution in [0.25, 0.3) is 0 Å². The molecule has 2 N–H and O–H groups in total. The Morgan fingerprint density at radius 2 is 2.30 bits per heavy atom. The Morgan fingerprint density at radius 3 is 2.85 bits per heavy atom. The van der Waals surface area contributed by atoms with Gasteiger partial charge in [-0.3, -0.25) is 0 Å². The van der Waals surface area contributed by atoms with E-state index in [2.05, 4.69) is 11.9 Å². The lowest BCUT2D eigenvalue weighted by molar-refractivity contribution is -0.132. The molecule has 1 aromatic carbocycles. The SMILES string of the molecule is C=C(/C=C(\Nc1cccc(C#N)c1)C(=O)O)C(C)CC. The number of carboxylic acid groups (broad SMARTS) is 1. The maximum absolute atomic E-state index is 11.3. The van der Waals surface area contributed by atoms with E-state index < -0.39 is 5.97 Å². The zero-order chi connectivity index (χ0) is 15.1. The first-order valence-corrected chi connectivity index (χ1v) is 6.38. The van der Waals surface area contributed by atoms with Gasteiger partial charge in [-0.15, -0.1) is 0 Å². The molecule has 4 heteroatoms. The average Bonchev–Trinajstić information content (AvgIpc) is 2.45. The van der Waals surface area contributed by atoms with E-state index >= 15 is 0 Å². The molecule has 4 nitrogen and oxygen atoms in total. The van der Waals surface area contributed by atoms with Crippen molar-refractivity contribution in [1.29, 1.82) is 5.26 Å². The minimum atomic E-state index is -1.06. The average molecular weight is 270 g/mol. The van der Waals surface area contributed by atoms with Crippen LogP contribution < -0.4 is 5.32 Å². The number of nitrogens with one attached hydrogen (secondary N) is 1. The largest absolute Gasteiger partial charge is 0.477 e. The highest BCUT2D eigenvalue weighted by atomic mass is 16.4. The van der Waals surface area contributed by atoms with Crippen LogP contribution in [0.15, 0.2) is 48.2 Å². The van der Waals surface area contributed by atoms with Crippen LogP contribution in [0.5, 0.6) is 0 Å². The van der Waals surface area contributed by atoms with Crippen molar-refractivity contribution >= 4 is 11.7 Å². The molecule has 1 rings (SSSR count). The normalized spacial score (nSPS) is 12.3. The Balaban J connectivity index is 2.98. The number of allylic oxidation sites excluding steroid dienone is 2. The molecule has 0 saturated carbocycles. The van der Waals surface area contributed by atoms with Gasteiger partial charge in [-0.25, -0.2) is 4.79 Å². The summed E-state index contributed by atoms with van der Waals surface area (Å²) >= 11 is 0. The summed E-state index contributed by atoms with van der Waals surface area (Å²) in [5, 5.41) is 20.9. The van der Waals surface area contributed by atoms with Gasteiger partial charge in [0.05, 0.1) is 11.6 Å². The Kier molecular flexibility index (Phi) is 5.55. The second-order valence-corrected chi connectivity index (χ2v) is 4.56. The number of carbonyl (C=O) groups is 1. The molecule has 0 aliphatic carbocycles. The number of benzene rings is 1. The number of anilines is 1. The number of hydrogen-bond donors (Lipinski definition) is 2. The molecule has 0 aromatic heterocycles. The fraction of sp³-hybridized carbons (Fsp3) is 0.250. The molecule has 0 bridgehead atoms. The molecule has 0 amide bonds. The van der Waals surface area contributed by atoms with Gasteiger partial charge >= 0.3 is 5.97 Å². The summed E-state index contributed by atoms with van der Waals surface area (Å²) in [6.07, 6.45) is 2.43. The van der Waals surface area contributed by atoms with Crippen LogP contribution in [0.3, 0.4) is 0 Å². The molecule has 0 aliphatic rings. The molecule has 0 radical (unpaired) electrons. The third-order valence-corrected chi connectivity index (χ3v) is 3.08. The van der Waals surface area contributed by atoms with Gasteiger partial charge < -0.3 is 10.4 Å². The van der Waals surface area contributed by atoms with Gasteiger partial charge in [-0.05, 0) is 36.6 Å². The van der Waals surface area contributed by atoms with E-state index in [9.17, 15) is 9.90 Å². The molecule has 1 unspecified atom stereocenters. The van der Waals surface area contributed by atoms with Crippen molar-refractivity contribution in [3.63, 3.8) is 0 Å². The van der Waals surface area contributed by atoms with Crippen LogP contribution in [0.4, 0.5) is 5.69 Å². The first kappa shape index (κ1) is 15.5. The fourth-order valence-electron chi connectivity index (χ4n) is 1.56. The van der Waals surface area contributed by atoms with Crippen molar-refractivity contribution in [3.8, 4) is 6.07 Å². The van der Waals surface area contributed by atoms with Crippen molar-refractivity contribution in [2.45, 2.75) is 20.3 Å². The van der Waals surface area contributed by atoms with E-state index in [1.807, 2.05) is 19.9 Å². The van der Waals surface area contributed by atoms with Gasteiger partial charge in [0.2, 0.25) is 0 Å². The number of hydrogen-bond acceptors (Lipinski definition) is 3. The van der Waals surface area contributed by atoms with Crippen LogP contribution in [0.1, 0.15) is 25.8 Å². The smallest absolute Gasteiger partial charge is 0.352 e. The maximum atomic E-state index is 11.3. The van der Waals surface area contributed by atoms with E-state index in [4.69, 9.17) is 5.26 Å². The number of rotatable bonds is 6. The number of nitriles is 1. The van der Waals surface area contributed by atoms with E-state index in [-0.39, 0.29) is 11.6 Å². The van der Waals surface area contributed by atoms with E-state index in [0.29, 0.717) is 11.3 Å². The molecule has 1 atom stereocenters. The molecule has 0 aliphatic heterocycles. The summed E-state index contributed by atoms with van der Waals surface area (Å²) in [7, 11) is 0. The van der Waals surface area contributed by atoms with Crippen molar-refractivity contribution < 1.29 is 9.90 Å². The number of nitrogens with zero attached hydrogens (tertiary/aromatic N) is 1. The van der Waals surface area contributed by atoms with E-state index in [1.165, 1.54) is 6.08 Å². The lowest BCUT2D eigenvalue weighted by atomic mass is 9.99. The molecule has 0 saturated heterocycles. The summed E-state index contributed by atoms with van der Waals surface area (Å²) in [5.74, 6) is -0.839. The summed E-state index contributed by atoms with van der Waals surface area (Å²) in [4.78, 5) is 11.3. The highest BCUT2D eigenvalue weighted by Gasteiger charge is 2.10. The van der Waals surface area contributed by atoms with Gasteiger partial charge in [0, 0.05) is 5.69 Å². The molecular formula is C16H18N2O2. The zero-order valence-electron chi connectivity index (χ0n) is 11.7. The lowest BCUT2D eigenvalue weighted by Crippen LogP contribution is -2.11.